The van der Waals surface area contributed by atoms with Crippen LogP contribution in [0.15, 0.2) is 36.4 Å². The zero-order valence-electron chi connectivity index (χ0n) is 20.1. The highest BCUT2D eigenvalue weighted by atomic mass is 35.5. The minimum absolute atomic E-state index is 0.0590. The Morgan fingerprint density at radius 1 is 1.12 bits per heavy atom. The number of amides is 2. The molecule has 186 valence electrons. The molecular weight excluding hydrogens is 497 g/mol. The average Bonchev–Trinajstić information content (AvgIpc) is 2.76. The van der Waals surface area contributed by atoms with E-state index in [9.17, 15) is 18.0 Å². The van der Waals surface area contributed by atoms with Gasteiger partial charge in [0, 0.05) is 36.6 Å². The van der Waals surface area contributed by atoms with Crippen LogP contribution in [0.1, 0.15) is 36.5 Å². The second-order valence-electron chi connectivity index (χ2n) is 8.21. The van der Waals surface area contributed by atoms with Crippen LogP contribution in [0.2, 0.25) is 10.0 Å². The van der Waals surface area contributed by atoms with E-state index in [0.29, 0.717) is 21.3 Å². The van der Waals surface area contributed by atoms with Gasteiger partial charge >= 0.3 is 0 Å². The predicted octanol–water partition coefficient (Wildman–Crippen LogP) is 4.32. The summed E-state index contributed by atoms with van der Waals surface area (Å²) in [4.78, 5) is 26.9. The minimum Gasteiger partial charge on any atom is -0.357 e. The van der Waals surface area contributed by atoms with Gasteiger partial charge in [-0.3, -0.25) is 13.9 Å². The van der Waals surface area contributed by atoms with Gasteiger partial charge in [0.25, 0.3) is 0 Å². The normalized spacial score (nSPS) is 12.2. The number of halogens is 2. The van der Waals surface area contributed by atoms with Crippen LogP contribution in [0.3, 0.4) is 0 Å². The maximum atomic E-state index is 13.2. The standard InChI is InChI=1S/C24H31Cl2N3O4S/c1-16-8-6-9-22(17(16)2)29(34(5,32)33)13-7-10-23(30)28(18(3)24(31)27-4)15-19-11-12-20(25)14-21(19)26/h6,8-9,11-12,14,18H,7,10,13,15H2,1-5H3,(H,27,31)/t18-/m1/s1. The third-order valence-electron chi connectivity index (χ3n) is 5.77. The Labute approximate surface area is 212 Å². The van der Waals surface area contributed by atoms with Crippen LogP contribution in [0.25, 0.3) is 0 Å². The summed E-state index contributed by atoms with van der Waals surface area (Å²) in [6.07, 6.45) is 1.49. The third kappa shape index (κ3) is 7.10. The molecule has 2 aromatic carbocycles. The van der Waals surface area contributed by atoms with Crippen molar-refractivity contribution in [3.05, 3.63) is 63.1 Å². The molecule has 0 fully saturated rings. The van der Waals surface area contributed by atoms with Gasteiger partial charge in [-0.1, -0.05) is 41.4 Å². The number of carbonyl (C=O) groups excluding carboxylic acids is 2. The SMILES string of the molecule is CNC(=O)[C@@H](C)N(Cc1ccc(Cl)cc1Cl)C(=O)CCCN(c1cccc(C)c1C)S(C)(=O)=O. The van der Waals surface area contributed by atoms with Crippen molar-refractivity contribution < 1.29 is 18.0 Å². The highest BCUT2D eigenvalue weighted by Crippen LogP contribution is 2.26. The summed E-state index contributed by atoms with van der Waals surface area (Å²) in [7, 11) is -2.05. The number of hydrogen-bond acceptors (Lipinski definition) is 4. The van der Waals surface area contributed by atoms with Gasteiger partial charge in [0.15, 0.2) is 0 Å². The molecule has 34 heavy (non-hydrogen) atoms. The molecular formula is C24H31Cl2N3O4S. The molecule has 2 amide bonds. The Morgan fingerprint density at radius 2 is 1.79 bits per heavy atom. The van der Waals surface area contributed by atoms with E-state index in [4.69, 9.17) is 23.2 Å². The Kier molecular flexibility index (Phi) is 9.79. The molecule has 0 saturated heterocycles. The predicted molar refractivity (Wildman–Crippen MR) is 138 cm³/mol. The van der Waals surface area contributed by atoms with Crippen LogP contribution in [0, 0.1) is 13.8 Å². The lowest BCUT2D eigenvalue weighted by molar-refractivity contribution is -0.140. The van der Waals surface area contributed by atoms with Gasteiger partial charge in [-0.2, -0.15) is 0 Å². The number of aryl methyl sites for hydroxylation is 1. The molecule has 0 aliphatic rings. The van der Waals surface area contributed by atoms with Gasteiger partial charge in [-0.15, -0.1) is 0 Å². The molecule has 7 nitrogen and oxygen atoms in total. The minimum atomic E-state index is -3.55. The van der Waals surface area contributed by atoms with Crippen molar-refractivity contribution in [1.29, 1.82) is 0 Å². The Hall–Kier alpha value is -2.29. The summed E-state index contributed by atoms with van der Waals surface area (Å²) in [5, 5.41) is 3.43. The van der Waals surface area contributed by atoms with Crippen molar-refractivity contribution in [2.24, 2.45) is 0 Å². The molecule has 2 rings (SSSR count). The van der Waals surface area contributed by atoms with E-state index >= 15 is 0 Å². The molecule has 10 heteroatoms. The first-order valence-electron chi connectivity index (χ1n) is 10.9. The first kappa shape index (κ1) is 28.0. The molecule has 0 saturated carbocycles. The van der Waals surface area contributed by atoms with Crippen LogP contribution in [-0.4, -0.2) is 51.0 Å². The zero-order valence-corrected chi connectivity index (χ0v) is 22.4. The van der Waals surface area contributed by atoms with Crippen molar-refractivity contribution >= 4 is 50.7 Å². The summed E-state index contributed by atoms with van der Waals surface area (Å²) in [5.41, 5.74) is 3.10. The number of nitrogens with one attached hydrogen (secondary N) is 1. The number of benzene rings is 2. The van der Waals surface area contributed by atoms with Crippen molar-refractivity contribution in [2.45, 2.75) is 46.2 Å². The van der Waals surface area contributed by atoms with Gasteiger partial charge in [-0.25, -0.2) is 8.42 Å². The molecule has 1 atom stereocenters. The van der Waals surface area contributed by atoms with Gasteiger partial charge in [0.05, 0.1) is 11.9 Å². The number of carbonyl (C=O) groups is 2. The monoisotopic (exact) mass is 527 g/mol. The van der Waals surface area contributed by atoms with E-state index < -0.39 is 16.1 Å². The summed E-state index contributed by atoms with van der Waals surface area (Å²) in [6.45, 7) is 5.69. The number of likely N-dealkylation sites (N-methyl/N-ethyl adjacent to an activating group) is 1. The van der Waals surface area contributed by atoms with E-state index in [1.807, 2.05) is 26.0 Å². The van der Waals surface area contributed by atoms with E-state index in [2.05, 4.69) is 5.32 Å². The Balaban J connectivity index is 2.21. The first-order valence-corrected chi connectivity index (χ1v) is 13.5. The third-order valence-corrected chi connectivity index (χ3v) is 7.53. The van der Waals surface area contributed by atoms with Crippen LogP contribution < -0.4 is 9.62 Å². The van der Waals surface area contributed by atoms with Gasteiger partial charge in [-0.05, 0) is 62.1 Å². The van der Waals surface area contributed by atoms with Gasteiger partial charge in [0.1, 0.15) is 6.04 Å². The highest BCUT2D eigenvalue weighted by Gasteiger charge is 2.27. The fourth-order valence-corrected chi connectivity index (χ4v) is 5.10. The lowest BCUT2D eigenvalue weighted by Crippen LogP contribution is -2.46. The molecule has 0 bridgehead atoms. The van der Waals surface area contributed by atoms with Crippen LogP contribution >= 0.6 is 23.2 Å². The second kappa shape index (κ2) is 11.9. The smallest absolute Gasteiger partial charge is 0.242 e. The van der Waals surface area contributed by atoms with E-state index in [1.165, 1.54) is 16.3 Å². The molecule has 0 unspecified atom stereocenters. The number of sulfonamides is 1. The van der Waals surface area contributed by atoms with Gasteiger partial charge in [0.2, 0.25) is 21.8 Å². The van der Waals surface area contributed by atoms with E-state index in [-0.39, 0.29) is 37.7 Å². The summed E-state index contributed by atoms with van der Waals surface area (Å²) < 4.78 is 26.3. The summed E-state index contributed by atoms with van der Waals surface area (Å²) in [5.74, 6) is -0.594. The lowest BCUT2D eigenvalue weighted by Gasteiger charge is -2.29. The Bertz CT molecular complexity index is 1150. The molecule has 1 N–H and O–H groups in total. The molecule has 0 aliphatic heterocycles. The topological polar surface area (TPSA) is 86.8 Å². The van der Waals surface area contributed by atoms with Crippen molar-refractivity contribution in [3.8, 4) is 0 Å². The number of hydrogen-bond donors (Lipinski definition) is 1. The fraction of sp³-hybridized carbons (Fsp3) is 0.417. The first-order chi connectivity index (χ1) is 15.9. The quantitative estimate of drug-likeness (QED) is 0.498. The lowest BCUT2D eigenvalue weighted by atomic mass is 10.1. The number of nitrogens with zero attached hydrogens (tertiary/aromatic N) is 2. The maximum Gasteiger partial charge on any atom is 0.242 e. The summed E-state index contributed by atoms with van der Waals surface area (Å²) >= 11 is 12.3. The fourth-order valence-electron chi connectivity index (χ4n) is 3.61. The zero-order chi connectivity index (χ0) is 25.6. The van der Waals surface area contributed by atoms with Crippen molar-refractivity contribution in [3.63, 3.8) is 0 Å². The van der Waals surface area contributed by atoms with E-state index in [0.717, 1.165) is 17.4 Å². The van der Waals surface area contributed by atoms with Crippen LogP contribution in [0.5, 0.6) is 0 Å². The van der Waals surface area contributed by atoms with Crippen molar-refractivity contribution in [2.75, 3.05) is 24.2 Å². The average molecular weight is 529 g/mol. The van der Waals surface area contributed by atoms with Crippen molar-refractivity contribution in [1.82, 2.24) is 10.2 Å². The molecule has 0 heterocycles. The molecule has 0 aliphatic carbocycles. The van der Waals surface area contributed by atoms with Crippen LogP contribution in [-0.2, 0) is 26.2 Å². The highest BCUT2D eigenvalue weighted by molar-refractivity contribution is 7.92. The maximum absolute atomic E-state index is 13.2. The molecule has 0 aromatic heterocycles. The molecule has 0 spiro atoms. The largest absolute Gasteiger partial charge is 0.357 e. The van der Waals surface area contributed by atoms with E-state index in [1.54, 1.807) is 31.2 Å². The number of rotatable bonds is 10. The summed E-state index contributed by atoms with van der Waals surface area (Å²) in [6, 6.07) is 9.71. The second-order valence-corrected chi connectivity index (χ2v) is 11.0. The van der Waals surface area contributed by atoms with Crippen LogP contribution in [0.4, 0.5) is 5.69 Å². The number of anilines is 1. The molecule has 2 aromatic rings. The van der Waals surface area contributed by atoms with Gasteiger partial charge < -0.3 is 10.2 Å². The molecule has 0 radical (unpaired) electrons. The Morgan fingerprint density at radius 3 is 2.38 bits per heavy atom.